The third-order valence-corrected chi connectivity index (χ3v) is 4.18. The van der Waals surface area contributed by atoms with Gasteiger partial charge in [-0.2, -0.15) is 0 Å². The van der Waals surface area contributed by atoms with Crippen molar-refractivity contribution in [3.63, 3.8) is 0 Å². The van der Waals surface area contributed by atoms with Crippen LogP contribution in [0.1, 0.15) is 23.5 Å². The fourth-order valence-electron chi connectivity index (χ4n) is 1.73. The van der Waals surface area contributed by atoms with Crippen molar-refractivity contribution in [2.75, 3.05) is 6.54 Å². The first-order valence-corrected chi connectivity index (χ1v) is 7.54. The van der Waals surface area contributed by atoms with Crippen LogP contribution in [0.2, 0.25) is 4.34 Å². The number of nitrogens with one attached hydrogen (secondary N) is 2. The molecule has 0 bridgehead atoms. The number of halogens is 1. The smallest absolute Gasteiger partial charge is 0.315 e. The summed E-state index contributed by atoms with van der Waals surface area (Å²) < 4.78 is 0.726. The van der Waals surface area contributed by atoms with E-state index in [0.29, 0.717) is 13.0 Å². The lowest BCUT2D eigenvalue weighted by Gasteiger charge is -2.13. The van der Waals surface area contributed by atoms with E-state index in [1.807, 2.05) is 37.3 Å². The molecule has 0 fully saturated rings. The molecule has 0 aromatic carbocycles. The second kappa shape index (κ2) is 7.26. The minimum atomic E-state index is -0.182. The molecule has 0 saturated carbocycles. The van der Waals surface area contributed by atoms with Gasteiger partial charge in [-0.3, -0.25) is 4.98 Å². The van der Waals surface area contributed by atoms with Crippen molar-refractivity contribution in [2.24, 2.45) is 0 Å². The van der Waals surface area contributed by atoms with E-state index >= 15 is 0 Å². The van der Waals surface area contributed by atoms with E-state index in [2.05, 4.69) is 15.6 Å². The van der Waals surface area contributed by atoms with E-state index in [-0.39, 0.29) is 12.1 Å². The molecule has 0 saturated heterocycles. The molecule has 2 heterocycles. The Bertz CT molecular complexity index is 559. The Morgan fingerprint density at radius 1 is 1.40 bits per heavy atom. The Hall–Kier alpha value is -1.59. The van der Waals surface area contributed by atoms with Gasteiger partial charge in [0.15, 0.2) is 0 Å². The Morgan fingerprint density at radius 3 is 2.90 bits per heavy atom. The average Bonchev–Trinajstić information content (AvgIpc) is 2.87. The highest BCUT2D eigenvalue weighted by atomic mass is 35.5. The Labute approximate surface area is 127 Å². The van der Waals surface area contributed by atoms with Crippen molar-refractivity contribution < 1.29 is 4.79 Å². The summed E-state index contributed by atoms with van der Waals surface area (Å²) in [7, 11) is 0. The fraction of sp³-hybridized carbons (Fsp3) is 0.286. The summed E-state index contributed by atoms with van der Waals surface area (Å²) in [5.41, 5.74) is 0.964. The van der Waals surface area contributed by atoms with Crippen LogP contribution in [0.4, 0.5) is 4.79 Å². The van der Waals surface area contributed by atoms with Gasteiger partial charge in [-0.1, -0.05) is 17.7 Å². The molecule has 1 atom stereocenters. The minimum absolute atomic E-state index is 0.0534. The summed E-state index contributed by atoms with van der Waals surface area (Å²) in [6, 6.07) is 9.27. The van der Waals surface area contributed by atoms with Gasteiger partial charge >= 0.3 is 6.03 Å². The lowest BCUT2D eigenvalue weighted by Crippen LogP contribution is -2.37. The van der Waals surface area contributed by atoms with Crippen LogP contribution in [-0.2, 0) is 6.42 Å². The van der Waals surface area contributed by atoms with Crippen LogP contribution < -0.4 is 10.6 Å². The van der Waals surface area contributed by atoms with Gasteiger partial charge in [-0.15, -0.1) is 11.3 Å². The summed E-state index contributed by atoms with van der Waals surface area (Å²) >= 11 is 7.35. The van der Waals surface area contributed by atoms with Crippen LogP contribution in [0.5, 0.6) is 0 Å². The third-order valence-electron chi connectivity index (χ3n) is 2.76. The number of amides is 2. The summed E-state index contributed by atoms with van der Waals surface area (Å²) in [5.74, 6) is 0. The summed E-state index contributed by atoms with van der Waals surface area (Å²) in [6.45, 7) is 2.49. The van der Waals surface area contributed by atoms with E-state index in [0.717, 1.165) is 14.9 Å². The molecule has 20 heavy (non-hydrogen) atoms. The maximum atomic E-state index is 11.8. The van der Waals surface area contributed by atoms with E-state index < -0.39 is 0 Å². The zero-order valence-electron chi connectivity index (χ0n) is 11.1. The Kier molecular flexibility index (Phi) is 5.38. The highest BCUT2D eigenvalue weighted by Gasteiger charge is 2.11. The van der Waals surface area contributed by atoms with Crippen molar-refractivity contribution in [3.05, 3.63) is 51.4 Å². The third kappa shape index (κ3) is 4.51. The van der Waals surface area contributed by atoms with E-state index in [1.54, 1.807) is 6.20 Å². The molecule has 1 unspecified atom stereocenters. The zero-order valence-corrected chi connectivity index (χ0v) is 12.7. The first kappa shape index (κ1) is 14.8. The topological polar surface area (TPSA) is 54.0 Å². The number of rotatable bonds is 5. The summed E-state index contributed by atoms with van der Waals surface area (Å²) in [6.07, 6.45) is 2.46. The average molecular weight is 310 g/mol. The van der Waals surface area contributed by atoms with Crippen molar-refractivity contribution in [1.29, 1.82) is 0 Å². The monoisotopic (exact) mass is 309 g/mol. The van der Waals surface area contributed by atoms with Crippen LogP contribution in [0.25, 0.3) is 0 Å². The van der Waals surface area contributed by atoms with Gasteiger partial charge in [0.05, 0.1) is 10.4 Å². The van der Waals surface area contributed by atoms with Gasteiger partial charge in [0.1, 0.15) is 0 Å². The molecule has 0 spiro atoms. The van der Waals surface area contributed by atoms with Crippen LogP contribution in [0, 0.1) is 0 Å². The molecule has 0 radical (unpaired) electrons. The van der Waals surface area contributed by atoms with E-state index in [4.69, 9.17) is 11.6 Å². The SMILES string of the molecule is CC(NC(=O)NCCc1ccccn1)c1ccc(Cl)s1. The molecule has 2 aromatic heterocycles. The number of carbonyl (C=O) groups is 1. The van der Waals surface area contributed by atoms with Gasteiger partial charge in [-0.25, -0.2) is 4.79 Å². The maximum absolute atomic E-state index is 11.8. The van der Waals surface area contributed by atoms with Crippen LogP contribution in [0.3, 0.4) is 0 Å². The number of aromatic nitrogens is 1. The molecule has 2 rings (SSSR count). The number of thiophene rings is 1. The Morgan fingerprint density at radius 2 is 2.25 bits per heavy atom. The molecule has 2 N–H and O–H groups in total. The van der Waals surface area contributed by atoms with Crippen molar-refractivity contribution in [1.82, 2.24) is 15.6 Å². The first-order chi connectivity index (χ1) is 9.65. The van der Waals surface area contributed by atoms with E-state index in [9.17, 15) is 4.79 Å². The largest absolute Gasteiger partial charge is 0.338 e. The lowest BCUT2D eigenvalue weighted by molar-refractivity contribution is 0.238. The van der Waals surface area contributed by atoms with Gasteiger partial charge in [0.25, 0.3) is 0 Å². The number of nitrogens with zero attached hydrogens (tertiary/aromatic N) is 1. The summed E-state index contributed by atoms with van der Waals surface area (Å²) in [4.78, 5) is 17.0. The molecule has 6 heteroatoms. The predicted molar refractivity (Wildman–Crippen MR) is 82.2 cm³/mol. The molecule has 2 aromatic rings. The summed E-state index contributed by atoms with van der Waals surface area (Å²) in [5, 5.41) is 5.70. The van der Waals surface area contributed by atoms with Gasteiger partial charge in [0.2, 0.25) is 0 Å². The highest BCUT2D eigenvalue weighted by Crippen LogP contribution is 2.26. The number of carbonyl (C=O) groups excluding carboxylic acids is 1. The van der Waals surface area contributed by atoms with Gasteiger partial charge in [0, 0.05) is 29.7 Å². The quantitative estimate of drug-likeness (QED) is 0.889. The molecule has 0 aliphatic heterocycles. The number of pyridine rings is 1. The molecular formula is C14H16ClN3OS. The number of urea groups is 1. The van der Waals surface area contributed by atoms with Crippen LogP contribution in [-0.4, -0.2) is 17.6 Å². The van der Waals surface area contributed by atoms with Crippen LogP contribution >= 0.6 is 22.9 Å². The fourth-order valence-corrected chi connectivity index (χ4v) is 2.79. The minimum Gasteiger partial charge on any atom is -0.338 e. The maximum Gasteiger partial charge on any atom is 0.315 e. The molecule has 0 aliphatic carbocycles. The second-order valence-electron chi connectivity index (χ2n) is 4.33. The van der Waals surface area contributed by atoms with Crippen LogP contribution in [0.15, 0.2) is 36.5 Å². The molecule has 4 nitrogen and oxygen atoms in total. The van der Waals surface area contributed by atoms with Gasteiger partial charge in [-0.05, 0) is 31.2 Å². The van der Waals surface area contributed by atoms with E-state index in [1.165, 1.54) is 11.3 Å². The van der Waals surface area contributed by atoms with Crippen molar-refractivity contribution >= 4 is 29.0 Å². The van der Waals surface area contributed by atoms with Crippen molar-refractivity contribution in [2.45, 2.75) is 19.4 Å². The number of hydrogen-bond donors (Lipinski definition) is 2. The molecule has 2 amide bonds. The second-order valence-corrected chi connectivity index (χ2v) is 6.08. The first-order valence-electron chi connectivity index (χ1n) is 6.34. The standard InChI is InChI=1S/C14H16ClN3OS/c1-10(12-5-6-13(15)20-12)18-14(19)17-9-7-11-4-2-3-8-16-11/h2-6,8,10H,7,9H2,1H3,(H2,17,18,19). The highest BCUT2D eigenvalue weighted by molar-refractivity contribution is 7.16. The molecule has 106 valence electrons. The molecular weight excluding hydrogens is 294 g/mol. The molecule has 0 aliphatic rings. The van der Waals surface area contributed by atoms with Gasteiger partial charge < -0.3 is 10.6 Å². The zero-order chi connectivity index (χ0) is 14.4. The lowest BCUT2D eigenvalue weighted by atomic mass is 10.2. The normalized spacial score (nSPS) is 11.9. The number of hydrogen-bond acceptors (Lipinski definition) is 3. The predicted octanol–water partition coefficient (Wildman–Crippen LogP) is 3.40. The Balaban J connectivity index is 1.73. The van der Waals surface area contributed by atoms with Crippen molar-refractivity contribution in [3.8, 4) is 0 Å².